The highest BCUT2D eigenvalue weighted by Crippen LogP contribution is 2.27. The SMILES string of the molecule is CCC1(C(=O)Nc2cccc(N3CCCC3=O)c2)CCCN1.Cl. The van der Waals surface area contributed by atoms with Gasteiger partial charge in [-0.15, -0.1) is 12.4 Å². The van der Waals surface area contributed by atoms with E-state index in [0.717, 1.165) is 50.1 Å². The molecule has 2 aliphatic heterocycles. The Kier molecular flexibility index (Phi) is 5.65. The third kappa shape index (κ3) is 3.51. The lowest BCUT2D eigenvalue weighted by molar-refractivity contribution is -0.122. The van der Waals surface area contributed by atoms with Crippen molar-refractivity contribution in [2.45, 2.75) is 44.6 Å². The third-order valence-corrected chi connectivity index (χ3v) is 4.77. The molecule has 0 bridgehead atoms. The first-order valence-electron chi connectivity index (χ1n) is 8.11. The zero-order valence-electron chi connectivity index (χ0n) is 13.4. The topological polar surface area (TPSA) is 61.4 Å². The molecule has 2 amide bonds. The van der Waals surface area contributed by atoms with Crippen molar-refractivity contribution in [3.63, 3.8) is 0 Å². The molecule has 3 rings (SSSR count). The van der Waals surface area contributed by atoms with Crippen molar-refractivity contribution < 1.29 is 9.59 Å². The second-order valence-electron chi connectivity index (χ2n) is 6.12. The van der Waals surface area contributed by atoms with Crippen molar-refractivity contribution in [3.05, 3.63) is 24.3 Å². The third-order valence-electron chi connectivity index (χ3n) is 4.77. The number of nitrogens with zero attached hydrogens (tertiary/aromatic N) is 1. The maximum Gasteiger partial charge on any atom is 0.244 e. The van der Waals surface area contributed by atoms with Gasteiger partial charge >= 0.3 is 0 Å². The zero-order chi connectivity index (χ0) is 15.6. The monoisotopic (exact) mass is 337 g/mol. The predicted molar refractivity (Wildman–Crippen MR) is 94.2 cm³/mol. The van der Waals surface area contributed by atoms with Gasteiger partial charge in [-0.05, 0) is 50.4 Å². The highest BCUT2D eigenvalue weighted by Gasteiger charge is 2.39. The van der Waals surface area contributed by atoms with E-state index in [1.807, 2.05) is 31.2 Å². The molecule has 1 aromatic rings. The standard InChI is InChI=1S/C17H23N3O2.ClH/c1-2-17(9-5-10-18-17)16(22)19-13-6-3-7-14(12-13)20-11-4-8-15(20)21;/h3,6-7,12,18H,2,4-5,8-11H2,1H3,(H,19,22);1H. The van der Waals surface area contributed by atoms with Gasteiger partial charge in [0.1, 0.15) is 0 Å². The molecule has 2 saturated heterocycles. The summed E-state index contributed by atoms with van der Waals surface area (Å²) in [5.74, 6) is 0.184. The highest BCUT2D eigenvalue weighted by atomic mass is 35.5. The van der Waals surface area contributed by atoms with Crippen LogP contribution in [0.15, 0.2) is 24.3 Å². The van der Waals surface area contributed by atoms with Crippen molar-refractivity contribution >= 4 is 35.6 Å². The maximum atomic E-state index is 12.6. The smallest absolute Gasteiger partial charge is 0.244 e. The molecule has 0 aromatic heterocycles. The Morgan fingerprint density at radius 1 is 1.39 bits per heavy atom. The predicted octanol–water partition coefficient (Wildman–Crippen LogP) is 2.71. The molecule has 2 aliphatic rings. The number of benzene rings is 1. The van der Waals surface area contributed by atoms with Crippen LogP contribution in [0.25, 0.3) is 0 Å². The summed E-state index contributed by atoms with van der Waals surface area (Å²) in [6, 6.07) is 7.57. The van der Waals surface area contributed by atoms with Crippen molar-refractivity contribution in [2.24, 2.45) is 0 Å². The van der Waals surface area contributed by atoms with Crippen LogP contribution in [0.3, 0.4) is 0 Å². The van der Waals surface area contributed by atoms with Crippen LogP contribution in [-0.2, 0) is 9.59 Å². The quantitative estimate of drug-likeness (QED) is 0.888. The first-order valence-corrected chi connectivity index (χ1v) is 8.11. The molecule has 6 heteroatoms. The molecule has 126 valence electrons. The van der Waals surface area contributed by atoms with Crippen molar-refractivity contribution in [3.8, 4) is 0 Å². The van der Waals surface area contributed by atoms with Crippen LogP contribution in [0, 0.1) is 0 Å². The van der Waals surface area contributed by atoms with Gasteiger partial charge in [0.05, 0.1) is 5.54 Å². The molecule has 1 unspecified atom stereocenters. The van der Waals surface area contributed by atoms with E-state index < -0.39 is 5.54 Å². The molecular weight excluding hydrogens is 314 g/mol. The summed E-state index contributed by atoms with van der Waals surface area (Å²) >= 11 is 0. The molecule has 2 heterocycles. The second-order valence-corrected chi connectivity index (χ2v) is 6.12. The minimum absolute atomic E-state index is 0. The lowest BCUT2D eigenvalue weighted by atomic mass is 9.93. The fourth-order valence-electron chi connectivity index (χ4n) is 3.39. The highest BCUT2D eigenvalue weighted by molar-refractivity contribution is 6.00. The van der Waals surface area contributed by atoms with Crippen LogP contribution >= 0.6 is 12.4 Å². The Morgan fingerprint density at radius 3 is 2.83 bits per heavy atom. The van der Waals surface area contributed by atoms with Crippen molar-refractivity contribution in [2.75, 3.05) is 23.3 Å². The van der Waals surface area contributed by atoms with Gasteiger partial charge in [-0.1, -0.05) is 13.0 Å². The van der Waals surface area contributed by atoms with Crippen LogP contribution < -0.4 is 15.5 Å². The molecular formula is C17H24ClN3O2. The Balaban J connectivity index is 0.00000192. The number of halogens is 1. The van der Waals surface area contributed by atoms with E-state index in [1.165, 1.54) is 0 Å². The minimum atomic E-state index is -0.445. The van der Waals surface area contributed by atoms with Crippen LogP contribution in [0.4, 0.5) is 11.4 Å². The number of hydrogen-bond donors (Lipinski definition) is 2. The molecule has 5 nitrogen and oxygen atoms in total. The van der Waals surface area contributed by atoms with Gasteiger partial charge in [0, 0.05) is 24.3 Å². The van der Waals surface area contributed by atoms with Gasteiger partial charge in [0.2, 0.25) is 11.8 Å². The average molecular weight is 338 g/mol. The van der Waals surface area contributed by atoms with E-state index in [1.54, 1.807) is 4.90 Å². The van der Waals surface area contributed by atoms with Crippen LogP contribution in [0.5, 0.6) is 0 Å². The number of amides is 2. The van der Waals surface area contributed by atoms with E-state index in [2.05, 4.69) is 10.6 Å². The minimum Gasteiger partial charge on any atom is -0.324 e. The van der Waals surface area contributed by atoms with Crippen molar-refractivity contribution in [1.82, 2.24) is 5.32 Å². The van der Waals surface area contributed by atoms with Gasteiger partial charge in [-0.2, -0.15) is 0 Å². The number of nitrogens with one attached hydrogen (secondary N) is 2. The van der Waals surface area contributed by atoms with Crippen molar-refractivity contribution in [1.29, 1.82) is 0 Å². The summed E-state index contributed by atoms with van der Waals surface area (Å²) in [6.45, 7) is 3.69. The summed E-state index contributed by atoms with van der Waals surface area (Å²) in [7, 11) is 0. The van der Waals surface area contributed by atoms with Crippen LogP contribution in [-0.4, -0.2) is 30.4 Å². The Labute approximate surface area is 143 Å². The number of carbonyl (C=O) groups is 2. The summed E-state index contributed by atoms with van der Waals surface area (Å²) in [6.07, 6.45) is 4.20. The van der Waals surface area contributed by atoms with E-state index in [4.69, 9.17) is 0 Å². The van der Waals surface area contributed by atoms with Crippen LogP contribution in [0.2, 0.25) is 0 Å². The van der Waals surface area contributed by atoms with E-state index in [0.29, 0.717) is 6.42 Å². The molecule has 2 N–H and O–H groups in total. The summed E-state index contributed by atoms with van der Waals surface area (Å²) in [5, 5.41) is 6.35. The Bertz CT molecular complexity index is 585. The fraction of sp³-hybridized carbons (Fsp3) is 0.529. The molecule has 2 fully saturated rings. The number of rotatable bonds is 4. The lowest BCUT2D eigenvalue weighted by Crippen LogP contribution is -2.50. The lowest BCUT2D eigenvalue weighted by Gasteiger charge is -2.27. The second kappa shape index (κ2) is 7.32. The first-order chi connectivity index (χ1) is 10.6. The van der Waals surface area contributed by atoms with Gasteiger partial charge < -0.3 is 15.5 Å². The summed E-state index contributed by atoms with van der Waals surface area (Å²) in [5.41, 5.74) is 1.17. The zero-order valence-corrected chi connectivity index (χ0v) is 14.2. The largest absolute Gasteiger partial charge is 0.324 e. The van der Waals surface area contributed by atoms with Crippen LogP contribution in [0.1, 0.15) is 39.0 Å². The Morgan fingerprint density at radius 2 is 2.22 bits per heavy atom. The van der Waals surface area contributed by atoms with E-state index in [9.17, 15) is 9.59 Å². The number of carbonyl (C=O) groups excluding carboxylic acids is 2. The molecule has 23 heavy (non-hydrogen) atoms. The van der Waals surface area contributed by atoms with Gasteiger partial charge in [0.25, 0.3) is 0 Å². The number of anilines is 2. The van der Waals surface area contributed by atoms with Gasteiger partial charge in [0.15, 0.2) is 0 Å². The van der Waals surface area contributed by atoms with E-state index >= 15 is 0 Å². The molecule has 0 aliphatic carbocycles. The van der Waals surface area contributed by atoms with Gasteiger partial charge in [-0.25, -0.2) is 0 Å². The maximum absolute atomic E-state index is 12.6. The molecule has 1 aromatic carbocycles. The molecule has 0 radical (unpaired) electrons. The summed E-state index contributed by atoms with van der Waals surface area (Å²) < 4.78 is 0. The molecule has 0 saturated carbocycles. The normalized spacial score (nSPS) is 23.7. The fourth-order valence-corrected chi connectivity index (χ4v) is 3.39. The number of hydrogen-bond acceptors (Lipinski definition) is 3. The molecule has 0 spiro atoms. The summed E-state index contributed by atoms with van der Waals surface area (Å²) in [4.78, 5) is 26.2. The molecule has 1 atom stereocenters. The van der Waals surface area contributed by atoms with E-state index in [-0.39, 0.29) is 24.2 Å². The Hall–Kier alpha value is -1.59. The first kappa shape index (κ1) is 17.8. The van der Waals surface area contributed by atoms with Gasteiger partial charge in [-0.3, -0.25) is 9.59 Å². The average Bonchev–Trinajstić information content (AvgIpc) is 3.17.